The zero-order valence-electron chi connectivity index (χ0n) is 18.2. The molecule has 0 rings (SSSR count). The molecule has 0 aliphatic heterocycles. The number of unbranched alkanes of at least 4 members (excludes halogenated alkanes) is 8. The lowest BCUT2D eigenvalue weighted by atomic mass is 9.97. The van der Waals surface area contributed by atoms with Gasteiger partial charge in [-0.25, -0.2) is 0 Å². The Labute approximate surface area is 167 Å². The van der Waals surface area contributed by atoms with Crippen LogP contribution in [0.4, 0.5) is 0 Å². The molecule has 1 atom stereocenters. The zero-order chi connectivity index (χ0) is 20.2. The van der Waals surface area contributed by atoms with Crippen LogP contribution in [0.1, 0.15) is 117 Å². The highest BCUT2D eigenvalue weighted by Crippen LogP contribution is 2.17. The normalized spacial score (nSPS) is 12.0. The van der Waals surface area contributed by atoms with Gasteiger partial charge in [-0.15, -0.1) is 0 Å². The van der Waals surface area contributed by atoms with Crippen molar-refractivity contribution >= 4 is 11.9 Å². The van der Waals surface area contributed by atoms with Crippen molar-refractivity contribution < 1.29 is 19.1 Å². The molecule has 0 aliphatic rings. The lowest BCUT2D eigenvalue weighted by molar-refractivity contribution is -0.144. The topological polar surface area (TPSA) is 52.6 Å². The molecule has 4 nitrogen and oxygen atoms in total. The predicted octanol–water partition coefficient (Wildman–Crippen LogP) is 6.60. The molecule has 27 heavy (non-hydrogen) atoms. The average Bonchev–Trinajstić information content (AvgIpc) is 2.67. The third kappa shape index (κ3) is 19.5. The van der Waals surface area contributed by atoms with Crippen LogP contribution in [0.5, 0.6) is 0 Å². The fourth-order valence-electron chi connectivity index (χ4n) is 3.08. The van der Waals surface area contributed by atoms with Crippen molar-refractivity contribution in [2.45, 2.75) is 117 Å². The third-order valence-corrected chi connectivity index (χ3v) is 4.85. The number of ether oxygens (including phenoxy) is 2. The molecule has 0 spiro atoms. The minimum absolute atomic E-state index is 0.0380. The SMILES string of the molecule is CCCOC(=O)CCCCCCCCCCCC(C)CCC(=O)OCCC. The van der Waals surface area contributed by atoms with Gasteiger partial charge in [0.15, 0.2) is 0 Å². The molecule has 0 N–H and O–H groups in total. The van der Waals surface area contributed by atoms with Gasteiger partial charge in [-0.05, 0) is 31.6 Å². The molecule has 0 fully saturated rings. The van der Waals surface area contributed by atoms with Crippen LogP contribution in [0.2, 0.25) is 0 Å². The van der Waals surface area contributed by atoms with Crippen molar-refractivity contribution in [3.8, 4) is 0 Å². The van der Waals surface area contributed by atoms with Crippen LogP contribution in [-0.4, -0.2) is 25.2 Å². The van der Waals surface area contributed by atoms with Gasteiger partial charge < -0.3 is 9.47 Å². The van der Waals surface area contributed by atoms with Crippen molar-refractivity contribution in [1.29, 1.82) is 0 Å². The first-order valence-electron chi connectivity index (χ1n) is 11.4. The van der Waals surface area contributed by atoms with Gasteiger partial charge in [0.2, 0.25) is 0 Å². The van der Waals surface area contributed by atoms with E-state index in [2.05, 4.69) is 6.92 Å². The van der Waals surface area contributed by atoms with Crippen LogP contribution in [0, 0.1) is 5.92 Å². The van der Waals surface area contributed by atoms with Crippen molar-refractivity contribution in [1.82, 2.24) is 0 Å². The largest absolute Gasteiger partial charge is 0.466 e. The predicted molar refractivity (Wildman–Crippen MR) is 112 cm³/mol. The maximum Gasteiger partial charge on any atom is 0.305 e. The van der Waals surface area contributed by atoms with Crippen molar-refractivity contribution in [2.24, 2.45) is 5.92 Å². The van der Waals surface area contributed by atoms with Crippen LogP contribution in [0.25, 0.3) is 0 Å². The summed E-state index contributed by atoms with van der Waals surface area (Å²) in [5.41, 5.74) is 0. The summed E-state index contributed by atoms with van der Waals surface area (Å²) >= 11 is 0. The Morgan fingerprint density at radius 1 is 0.630 bits per heavy atom. The van der Waals surface area contributed by atoms with Crippen LogP contribution in [0.15, 0.2) is 0 Å². The number of hydrogen-bond acceptors (Lipinski definition) is 4. The minimum atomic E-state index is -0.0402. The van der Waals surface area contributed by atoms with Gasteiger partial charge in [-0.3, -0.25) is 9.59 Å². The molecule has 4 heteroatoms. The van der Waals surface area contributed by atoms with Crippen LogP contribution in [0.3, 0.4) is 0 Å². The van der Waals surface area contributed by atoms with Crippen molar-refractivity contribution in [2.75, 3.05) is 13.2 Å². The first-order valence-corrected chi connectivity index (χ1v) is 11.4. The Kier molecular flexibility index (Phi) is 18.9. The number of esters is 2. The van der Waals surface area contributed by atoms with Crippen LogP contribution in [-0.2, 0) is 19.1 Å². The Balaban J connectivity index is 3.28. The van der Waals surface area contributed by atoms with Gasteiger partial charge >= 0.3 is 11.9 Å². The second kappa shape index (κ2) is 19.7. The van der Waals surface area contributed by atoms with E-state index in [0.717, 1.165) is 32.1 Å². The van der Waals surface area contributed by atoms with E-state index in [4.69, 9.17) is 9.47 Å². The first kappa shape index (κ1) is 25.9. The Bertz CT molecular complexity index is 354. The lowest BCUT2D eigenvalue weighted by Crippen LogP contribution is -2.07. The molecule has 0 saturated carbocycles. The van der Waals surface area contributed by atoms with Gasteiger partial charge in [0.05, 0.1) is 13.2 Å². The first-order chi connectivity index (χ1) is 13.1. The highest BCUT2D eigenvalue weighted by Gasteiger charge is 2.07. The average molecular weight is 385 g/mol. The maximum absolute atomic E-state index is 11.5. The molecule has 160 valence electrons. The van der Waals surface area contributed by atoms with Gasteiger partial charge in [0, 0.05) is 12.8 Å². The summed E-state index contributed by atoms with van der Waals surface area (Å²) in [5.74, 6) is 0.536. The molecule has 0 aliphatic carbocycles. The van der Waals surface area contributed by atoms with Crippen LogP contribution < -0.4 is 0 Å². The number of rotatable bonds is 19. The highest BCUT2D eigenvalue weighted by atomic mass is 16.5. The van der Waals surface area contributed by atoms with E-state index >= 15 is 0 Å². The van der Waals surface area contributed by atoms with E-state index in [1.807, 2.05) is 13.8 Å². The van der Waals surface area contributed by atoms with E-state index in [0.29, 0.717) is 32.0 Å². The van der Waals surface area contributed by atoms with Crippen molar-refractivity contribution in [3.05, 3.63) is 0 Å². The van der Waals surface area contributed by atoms with Gasteiger partial charge in [-0.1, -0.05) is 78.6 Å². The summed E-state index contributed by atoms with van der Waals surface area (Å²) in [6.45, 7) is 7.39. The monoisotopic (exact) mass is 384 g/mol. The van der Waals surface area contributed by atoms with Crippen molar-refractivity contribution in [3.63, 3.8) is 0 Å². The molecule has 0 aromatic carbocycles. The van der Waals surface area contributed by atoms with E-state index in [-0.39, 0.29) is 11.9 Å². The number of carbonyl (C=O) groups excluding carboxylic acids is 2. The molecule has 0 heterocycles. The summed E-state index contributed by atoms with van der Waals surface area (Å²) in [4.78, 5) is 22.8. The Morgan fingerprint density at radius 3 is 1.59 bits per heavy atom. The molecule has 0 aromatic rings. The second-order valence-electron chi connectivity index (χ2n) is 7.81. The molecule has 0 saturated heterocycles. The number of carbonyl (C=O) groups is 2. The quantitative estimate of drug-likeness (QED) is 0.186. The summed E-state index contributed by atoms with van der Waals surface area (Å²) in [7, 11) is 0. The lowest BCUT2D eigenvalue weighted by Gasteiger charge is -2.10. The molecule has 0 aromatic heterocycles. The highest BCUT2D eigenvalue weighted by molar-refractivity contribution is 5.69. The zero-order valence-corrected chi connectivity index (χ0v) is 18.2. The van der Waals surface area contributed by atoms with Gasteiger partial charge in [0.25, 0.3) is 0 Å². The van der Waals surface area contributed by atoms with E-state index in [1.54, 1.807) is 0 Å². The summed E-state index contributed by atoms with van der Waals surface area (Å²) in [5, 5.41) is 0. The molecule has 1 unspecified atom stereocenters. The summed E-state index contributed by atoms with van der Waals surface area (Å²) < 4.78 is 10.2. The standard InChI is InChI=1S/C23H44O4/c1-4-19-26-22(24)16-14-12-10-8-6-7-9-11-13-15-21(3)17-18-23(25)27-20-5-2/h21H,4-20H2,1-3H3. The van der Waals surface area contributed by atoms with E-state index in [1.165, 1.54) is 51.4 Å². The minimum Gasteiger partial charge on any atom is -0.466 e. The second-order valence-corrected chi connectivity index (χ2v) is 7.81. The van der Waals surface area contributed by atoms with Gasteiger partial charge in [0.1, 0.15) is 0 Å². The summed E-state index contributed by atoms with van der Waals surface area (Å²) in [6, 6.07) is 0. The van der Waals surface area contributed by atoms with E-state index < -0.39 is 0 Å². The molecule has 0 bridgehead atoms. The molecule has 0 radical (unpaired) electrons. The fourth-order valence-corrected chi connectivity index (χ4v) is 3.08. The van der Waals surface area contributed by atoms with E-state index in [9.17, 15) is 9.59 Å². The Hall–Kier alpha value is -1.06. The van der Waals surface area contributed by atoms with Gasteiger partial charge in [-0.2, -0.15) is 0 Å². The summed E-state index contributed by atoms with van der Waals surface area (Å²) in [6.07, 6.45) is 16.2. The maximum atomic E-state index is 11.5. The molecular formula is C23H44O4. The fraction of sp³-hybridized carbons (Fsp3) is 0.913. The third-order valence-electron chi connectivity index (χ3n) is 4.85. The number of hydrogen-bond donors (Lipinski definition) is 0. The smallest absolute Gasteiger partial charge is 0.305 e. The molecule has 0 amide bonds. The van der Waals surface area contributed by atoms with Crippen LogP contribution >= 0.6 is 0 Å². The Morgan fingerprint density at radius 2 is 1.07 bits per heavy atom. The molecular weight excluding hydrogens is 340 g/mol.